The normalized spacial score (nSPS) is 10.7. The van der Waals surface area contributed by atoms with Crippen LogP contribution in [0.15, 0.2) is 65.9 Å². The van der Waals surface area contributed by atoms with Crippen molar-refractivity contribution < 1.29 is 18.7 Å². The van der Waals surface area contributed by atoms with Crippen molar-refractivity contribution in [2.24, 2.45) is 5.10 Å². The molecule has 0 aliphatic carbocycles. The lowest BCUT2D eigenvalue weighted by molar-refractivity contribution is 0.0955. The van der Waals surface area contributed by atoms with Crippen molar-refractivity contribution in [3.63, 3.8) is 0 Å². The van der Waals surface area contributed by atoms with E-state index < -0.39 is 5.91 Å². The van der Waals surface area contributed by atoms with Gasteiger partial charge in [-0.3, -0.25) is 4.79 Å². The van der Waals surface area contributed by atoms with Crippen molar-refractivity contribution in [2.45, 2.75) is 6.61 Å². The number of hydrazone groups is 1. The average Bonchev–Trinajstić information content (AvgIpc) is 2.73. The van der Waals surface area contributed by atoms with Gasteiger partial charge in [0, 0.05) is 6.20 Å². The van der Waals surface area contributed by atoms with Crippen LogP contribution in [0.2, 0.25) is 5.15 Å². The standard InChI is InChI=1S/C21H17ClFN3O3/c1-28-19-11-14(12-25-26-21(27)17-6-3-9-24-20(17)22)7-8-18(19)29-13-15-4-2-5-16(23)10-15/h2-12H,13H2,1H3,(H,26,27). The molecular weight excluding hydrogens is 397 g/mol. The Balaban J connectivity index is 1.64. The van der Waals surface area contributed by atoms with E-state index in [0.717, 1.165) is 0 Å². The number of ether oxygens (including phenoxy) is 2. The number of amides is 1. The number of hydrogen-bond donors (Lipinski definition) is 1. The Morgan fingerprint density at radius 2 is 2.07 bits per heavy atom. The van der Waals surface area contributed by atoms with Crippen LogP contribution in [0.3, 0.4) is 0 Å². The van der Waals surface area contributed by atoms with Gasteiger partial charge in [-0.2, -0.15) is 5.10 Å². The first-order valence-electron chi connectivity index (χ1n) is 8.56. The highest BCUT2D eigenvalue weighted by atomic mass is 35.5. The van der Waals surface area contributed by atoms with Crippen LogP contribution in [-0.4, -0.2) is 24.2 Å². The van der Waals surface area contributed by atoms with Gasteiger partial charge in [0.2, 0.25) is 0 Å². The lowest BCUT2D eigenvalue weighted by Gasteiger charge is -2.11. The minimum atomic E-state index is -0.471. The highest BCUT2D eigenvalue weighted by molar-refractivity contribution is 6.32. The van der Waals surface area contributed by atoms with E-state index in [1.165, 1.54) is 31.7 Å². The van der Waals surface area contributed by atoms with Crippen molar-refractivity contribution in [3.8, 4) is 11.5 Å². The Kier molecular flexibility index (Phi) is 6.76. The second-order valence-electron chi connectivity index (χ2n) is 5.87. The molecule has 1 N–H and O–H groups in total. The topological polar surface area (TPSA) is 72.8 Å². The van der Waals surface area contributed by atoms with Gasteiger partial charge in [0.25, 0.3) is 5.91 Å². The molecule has 0 aliphatic rings. The fourth-order valence-electron chi connectivity index (χ4n) is 2.45. The van der Waals surface area contributed by atoms with E-state index in [9.17, 15) is 9.18 Å². The zero-order valence-electron chi connectivity index (χ0n) is 15.4. The van der Waals surface area contributed by atoms with Crippen molar-refractivity contribution >= 4 is 23.7 Å². The number of benzene rings is 2. The molecule has 0 saturated carbocycles. The van der Waals surface area contributed by atoms with E-state index in [-0.39, 0.29) is 23.1 Å². The van der Waals surface area contributed by atoms with Crippen LogP contribution in [0, 0.1) is 5.82 Å². The predicted molar refractivity (Wildman–Crippen MR) is 108 cm³/mol. The van der Waals surface area contributed by atoms with Gasteiger partial charge in [0.05, 0.1) is 18.9 Å². The van der Waals surface area contributed by atoms with Crippen LogP contribution in [0.1, 0.15) is 21.5 Å². The van der Waals surface area contributed by atoms with E-state index in [1.54, 1.807) is 42.5 Å². The summed E-state index contributed by atoms with van der Waals surface area (Å²) in [7, 11) is 1.51. The summed E-state index contributed by atoms with van der Waals surface area (Å²) in [5.74, 6) is 0.188. The maximum Gasteiger partial charge on any atom is 0.274 e. The summed E-state index contributed by atoms with van der Waals surface area (Å²) >= 11 is 5.88. The van der Waals surface area contributed by atoms with Crippen molar-refractivity contribution in [1.29, 1.82) is 0 Å². The fraction of sp³-hybridized carbons (Fsp3) is 0.0952. The first-order valence-corrected chi connectivity index (χ1v) is 8.94. The number of hydrogen-bond acceptors (Lipinski definition) is 5. The molecule has 0 unspecified atom stereocenters. The average molecular weight is 414 g/mol. The maximum atomic E-state index is 13.3. The van der Waals surface area contributed by atoms with E-state index >= 15 is 0 Å². The summed E-state index contributed by atoms with van der Waals surface area (Å²) in [5, 5.41) is 4.02. The molecule has 1 amide bonds. The summed E-state index contributed by atoms with van der Waals surface area (Å²) in [6.07, 6.45) is 2.95. The largest absolute Gasteiger partial charge is 0.493 e. The third-order valence-electron chi connectivity index (χ3n) is 3.85. The second kappa shape index (κ2) is 9.66. The van der Waals surface area contributed by atoms with Crippen LogP contribution < -0.4 is 14.9 Å². The SMILES string of the molecule is COc1cc(C=NNC(=O)c2cccnc2Cl)ccc1OCc1cccc(F)c1. The molecule has 0 aliphatic heterocycles. The number of rotatable bonds is 7. The number of aromatic nitrogens is 1. The van der Waals surface area contributed by atoms with Crippen LogP contribution in [-0.2, 0) is 6.61 Å². The zero-order chi connectivity index (χ0) is 20.6. The lowest BCUT2D eigenvalue weighted by Crippen LogP contribution is -2.18. The summed E-state index contributed by atoms with van der Waals surface area (Å²) in [4.78, 5) is 15.9. The van der Waals surface area contributed by atoms with Gasteiger partial charge in [0.1, 0.15) is 17.6 Å². The number of carbonyl (C=O) groups excluding carboxylic acids is 1. The molecule has 0 spiro atoms. The molecule has 148 valence electrons. The summed E-state index contributed by atoms with van der Waals surface area (Å²) in [6.45, 7) is 0.198. The molecule has 8 heteroatoms. The van der Waals surface area contributed by atoms with E-state index in [4.69, 9.17) is 21.1 Å². The van der Waals surface area contributed by atoms with Crippen LogP contribution in [0.4, 0.5) is 4.39 Å². The van der Waals surface area contributed by atoms with Gasteiger partial charge in [-0.15, -0.1) is 0 Å². The maximum absolute atomic E-state index is 13.3. The third-order valence-corrected chi connectivity index (χ3v) is 4.16. The molecule has 3 rings (SSSR count). The third kappa shape index (κ3) is 5.52. The predicted octanol–water partition coefficient (Wildman–Crippen LogP) is 4.23. The second-order valence-corrected chi connectivity index (χ2v) is 6.23. The van der Waals surface area contributed by atoms with Crippen LogP contribution >= 0.6 is 11.6 Å². The molecule has 6 nitrogen and oxygen atoms in total. The molecule has 3 aromatic rings. The van der Waals surface area contributed by atoms with E-state index in [0.29, 0.717) is 22.6 Å². The number of carbonyl (C=O) groups is 1. The Bertz CT molecular complexity index is 1040. The molecule has 0 atom stereocenters. The Morgan fingerprint density at radius 3 is 2.83 bits per heavy atom. The molecule has 1 heterocycles. The van der Waals surface area contributed by atoms with E-state index in [2.05, 4.69) is 15.5 Å². The molecule has 0 radical (unpaired) electrons. The van der Waals surface area contributed by atoms with Crippen LogP contribution in [0.5, 0.6) is 11.5 Å². The van der Waals surface area contributed by atoms with Gasteiger partial charge in [-0.25, -0.2) is 14.8 Å². The van der Waals surface area contributed by atoms with Gasteiger partial charge in [-0.1, -0.05) is 23.7 Å². The fourth-order valence-corrected chi connectivity index (χ4v) is 2.66. The molecular formula is C21H17ClFN3O3. The van der Waals surface area contributed by atoms with Crippen molar-refractivity contribution in [2.75, 3.05) is 7.11 Å². The zero-order valence-corrected chi connectivity index (χ0v) is 16.2. The van der Waals surface area contributed by atoms with Crippen molar-refractivity contribution in [1.82, 2.24) is 10.4 Å². The van der Waals surface area contributed by atoms with Gasteiger partial charge < -0.3 is 9.47 Å². The molecule has 29 heavy (non-hydrogen) atoms. The number of nitrogens with zero attached hydrogens (tertiary/aromatic N) is 2. The Hall–Kier alpha value is -3.45. The minimum absolute atomic E-state index is 0.0988. The summed E-state index contributed by atoms with van der Waals surface area (Å²) in [5.41, 5.74) is 4.00. The molecule has 0 fully saturated rings. The first-order chi connectivity index (χ1) is 14.1. The number of pyridine rings is 1. The highest BCUT2D eigenvalue weighted by Crippen LogP contribution is 2.28. The number of halogens is 2. The number of nitrogens with one attached hydrogen (secondary N) is 1. The van der Waals surface area contributed by atoms with Gasteiger partial charge >= 0.3 is 0 Å². The van der Waals surface area contributed by atoms with E-state index in [1.807, 2.05) is 0 Å². The Labute approximate surface area is 171 Å². The molecule has 0 bridgehead atoms. The molecule has 2 aromatic carbocycles. The monoisotopic (exact) mass is 413 g/mol. The summed E-state index contributed by atoms with van der Waals surface area (Å²) in [6, 6.07) is 14.5. The first kappa shape index (κ1) is 20.3. The lowest BCUT2D eigenvalue weighted by atomic mass is 10.2. The molecule has 0 saturated heterocycles. The molecule has 1 aromatic heterocycles. The smallest absolute Gasteiger partial charge is 0.274 e. The Morgan fingerprint density at radius 1 is 1.21 bits per heavy atom. The van der Waals surface area contributed by atoms with Gasteiger partial charge in [-0.05, 0) is 53.6 Å². The quantitative estimate of drug-likeness (QED) is 0.357. The van der Waals surface area contributed by atoms with Crippen molar-refractivity contribution in [3.05, 3.63) is 88.5 Å². The van der Waals surface area contributed by atoms with Crippen LogP contribution in [0.25, 0.3) is 0 Å². The summed E-state index contributed by atoms with van der Waals surface area (Å²) < 4.78 is 24.3. The van der Waals surface area contributed by atoms with Gasteiger partial charge in [0.15, 0.2) is 11.5 Å². The minimum Gasteiger partial charge on any atom is -0.493 e. The number of methoxy groups -OCH3 is 1. The highest BCUT2D eigenvalue weighted by Gasteiger charge is 2.10.